The highest BCUT2D eigenvalue weighted by molar-refractivity contribution is 6.00. The number of nitrogens with zero attached hydrogens (tertiary/aromatic N) is 2. The third-order valence-corrected chi connectivity index (χ3v) is 5.38. The molecule has 0 saturated carbocycles. The van der Waals surface area contributed by atoms with Crippen LogP contribution in [0.4, 0.5) is 10.1 Å². The van der Waals surface area contributed by atoms with Gasteiger partial charge in [-0.05, 0) is 54.2 Å². The van der Waals surface area contributed by atoms with E-state index in [0.717, 1.165) is 30.6 Å². The average molecular weight is 338 g/mol. The molecule has 2 atom stereocenters. The lowest BCUT2D eigenvalue weighted by Crippen LogP contribution is -2.32. The molecule has 130 valence electrons. The fourth-order valence-corrected chi connectivity index (χ4v) is 4.04. The molecule has 25 heavy (non-hydrogen) atoms. The van der Waals surface area contributed by atoms with Gasteiger partial charge in [-0.1, -0.05) is 38.1 Å². The summed E-state index contributed by atoms with van der Waals surface area (Å²) in [5, 5.41) is 0. The summed E-state index contributed by atoms with van der Waals surface area (Å²) in [6.07, 6.45) is 1.84. The van der Waals surface area contributed by atoms with Gasteiger partial charge in [0.05, 0.1) is 6.04 Å². The van der Waals surface area contributed by atoms with E-state index in [0.29, 0.717) is 5.92 Å². The molecule has 4 rings (SSSR count). The summed E-state index contributed by atoms with van der Waals surface area (Å²) in [6.45, 7) is 5.27. The van der Waals surface area contributed by atoms with Gasteiger partial charge in [0.2, 0.25) is 5.91 Å². The van der Waals surface area contributed by atoms with Crippen LogP contribution in [0.2, 0.25) is 0 Å². The highest BCUT2D eigenvalue weighted by Crippen LogP contribution is 2.42. The molecule has 2 saturated heterocycles. The van der Waals surface area contributed by atoms with Crippen LogP contribution in [0.15, 0.2) is 48.5 Å². The summed E-state index contributed by atoms with van der Waals surface area (Å²) in [6, 6.07) is 14.7. The molecule has 3 nitrogen and oxygen atoms in total. The van der Waals surface area contributed by atoms with Crippen molar-refractivity contribution < 1.29 is 9.18 Å². The smallest absolute Gasteiger partial charge is 0.246 e. The molecule has 2 aliphatic rings. The Morgan fingerprint density at radius 2 is 1.72 bits per heavy atom. The van der Waals surface area contributed by atoms with E-state index in [1.165, 1.54) is 17.7 Å². The zero-order valence-corrected chi connectivity index (χ0v) is 14.7. The summed E-state index contributed by atoms with van der Waals surface area (Å²) >= 11 is 0. The monoisotopic (exact) mass is 338 g/mol. The molecule has 0 aliphatic carbocycles. The Morgan fingerprint density at radius 1 is 1.04 bits per heavy atom. The Kier molecular flexibility index (Phi) is 4.08. The second-order valence-corrected chi connectivity index (χ2v) is 7.28. The molecule has 2 heterocycles. The first-order valence-electron chi connectivity index (χ1n) is 9.00. The number of benzene rings is 2. The molecular formula is C21H23FN2O. The molecule has 2 aromatic rings. The maximum Gasteiger partial charge on any atom is 0.246 e. The van der Waals surface area contributed by atoms with Crippen molar-refractivity contribution in [3.63, 3.8) is 0 Å². The van der Waals surface area contributed by atoms with Crippen molar-refractivity contribution >= 4 is 11.6 Å². The zero-order valence-electron chi connectivity index (χ0n) is 14.7. The highest BCUT2D eigenvalue weighted by Gasteiger charge is 2.49. The van der Waals surface area contributed by atoms with Crippen molar-refractivity contribution in [3.05, 3.63) is 65.5 Å². The van der Waals surface area contributed by atoms with Gasteiger partial charge in [-0.2, -0.15) is 0 Å². The molecule has 0 spiro atoms. The summed E-state index contributed by atoms with van der Waals surface area (Å²) in [4.78, 5) is 17.2. The van der Waals surface area contributed by atoms with E-state index in [9.17, 15) is 9.18 Å². The van der Waals surface area contributed by atoms with Crippen molar-refractivity contribution in [3.8, 4) is 0 Å². The van der Waals surface area contributed by atoms with Crippen molar-refractivity contribution in [2.75, 3.05) is 11.4 Å². The minimum Gasteiger partial charge on any atom is -0.291 e. The van der Waals surface area contributed by atoms with E-state index in [1.54, 1.807) is 12.1 Å². The van der Waals surface area contributed by atoms with Gasteiger partial charge in [0.1, 0.15) is 12.0 Å². The molecule has 2 aliphatic heterocycles. The maximum absolute atomic E-state index is 13.3. The zero-order chi connectivity index (χ0) is 17.6. The van der Waals surface area contributed by atoms with Crippen molar-refractivity contribution in [2.24, 2.45) is 0 Å². The predicted molar refractivity (Wildman–Crippen MR) is 96.9 cm³/mol. The number of carbonyl (C=O) groups is 1. The van der Waals surface area contributed by atoms with Gasteiger partial charge in [0.25, 0.3) is 0 Å². The van der Waals surface area contributed by atoms with Crippen LogP contribution in [0, 0.1) is 5.82 Å². The normalized spacial score (nSPS) is 23.5. The van der Waals surface area contributed by atoms with Gasteiger partial charge in [0.15, 0.2) is 0 Å². The Labute approximate surface area is 148 Å². The van der Waals surface area contributed by atoms with E-state index in [2.05, 4.69) is 43.0 Å². The predicted octanol–water partition coefficient (Wildman–Crippen LogP) is 4.46. The van der Waals surface area contributed by atoms with Crippen LogP contribution in [0.1, 0.15) is 49.9 Å². The Bertz CT molecular complexity index is 769. The van der Waals surface area contributed by atoms with Crippen LogP contribution in [0.3, 0.4) is 0 Å². The maximum atomic E-state index is 13.3. The van der Waals surface area contributed by atoms with E-state index in [1.807, 2.05) is 4.90 Å². The van der Waals surface area contributed by atoms with Crippen LogP contribution in [-0.4, -0.2) is 23.4 Å². The lowest BCUT2D eigenvalue weighted by molar-refractivity contribution is -0.119. The van der Waals surface area contributed by atoms with Crippen LogP contribution in [0.25, 0.3) is 0 Å². The number of amides is 1. The van der Waals surface area contributed by atoms with Gasteiger partial charge in [-0.3, -0.25) is 14.6 Å². The number of carbonyl (C=O) groups excluding carboxylic acids is 1. The topological polar surface area (TPSA) is 23.6 Å². The van der Waals surface area contributed by atoms with Crippen LogP contribution < -0.4 is 4.90 Å². The van der Waals surface area contributed by atoms with E-state index in [4.69, 9.17) is 0 Å². The Hall–Kier alpha value is -2.20. The first kappa shape index (κ1) is 16.3. The Morgan fingerprint density at radius 3 is 2.36 bits per heavy atom. The molecular weight excluding hydrogens is 315 g/mol. The summed E-state index contributed by atoms with van der Waals surface area (Å²) in [5.41, 5.74) is 3.17. The summed E-state index contributed by atoms with van der Waals surface area (Å²) in [5.74, 6) is 0.322. The van der Waals surface area contributed by atoms with Crippen molar-refractivity contribution in [1.82, 2.24) is 4.90 Å². The standard InChI is InChI=1S/C21H23FN2O/c1-14(2)15-5-7-16(8-6-15)20-23-13-3-4-19(23)21(25)24(20)18-11-9-17(22)10-12-18/h5-12,14,19-20H,3-4,13H2,1-2H3/t19-,20+/m0/s1. The highest BCUT2D eigenvalue weighted by atomic mass is 19.1. The number of anilines is 1. The fraction of sp³-hybridized carbons (Fsp3) is 0.381. The van der Waals surface area contributed by atoms with Gasteiger partial charge < -0.3 is 0 Å². The third kappa shape index (κ3) is 2.74. The van der Waals surface area contributed by atoms with Gasteiger partial charge in [0, 0.05) is 12.2 Å². The molecule has 1 amide bonds. The number of halogens is 1. The molecule has 2 fully saturated rings. The SMILES string of the molecule is CC(C)c1ccc([C@H]2N(c3ccc(F)cc3)C(=O)[C@@H]3CCCN32)cc1. The van der Waals surface area contributed by atoms with Crippen molar-refractivity contribution in [1.29, 1.82) is 0 Å². The van der Waals surface area contributed by atoms with Gasteiger partial charge in [-0.25, -0.2) is 4.39 Å². The van der Waals surface area contributed by atoms with Gasteiger partial charge >= 0.3 is 0 Å². The third-order valence-electron chi connectivity index (χ3n) is 5.38. The van der Waals surface area contributed by atoms with Crippen LogP contribution >= 0.6 is 0 Å². The molecule has 0 unspecified atom stereocenters. The summed E-state index contributed by atoms with van der Waals surface area (Å²) < 4.78 is 13.3. The fourth-order valence-electron chi connectivity index (χ4n) is 4.04. The molecule has 0 bridgehead atoms. The molecule has 0 aromatic heterocycles. The number of hydrogen-bond acceptors (Lipinski definition) is 2. The minimum atomic E-state index is -0.284. The lowest BCUT2D eigenvalue weighted by atomic mass is 10.0. The lowest BCUT2D eigenvalue weighted by Gasteiger charge is -2.30. The molecule has 0 radical (unpaired) electrons. The number of fused-ring (bicyclic) bond motifs is 1. The molecule has 2 aromatic carbocycles. The van der Waals surface area contributed by atoms with E-state index < -0.39 is 0 Å². The second kappa shape index (κ2) is 6.26. The van der Waals surface area contributed by atoms with Gasteiger partial charge in [-0.15, -0.1) is 0 Å². The molecule has 0 N–H and O–H groups in total. The average Bonchev–Trinajstić information content (AvgIpc) is 3.18. The van der Waals surface area contributed by atoms with Crippen LogP contribution in [0.5, 0.6) is 0 Å². The minimum absolute atomic E-state index is 0.0557. The Balaban J connectivity index is 1.75. The quantitative estimate of drug-likeness (QED) is 0.825. The molecule has 4 heteroatoms. The first-order chi connectivity index (χ1) is 12.1. The number of rotatable bonds is 3. The largest absolute Gasteiger partial charge is 0.291 e. The van der Waals surface area contributed by atoms with E-state index in [-0.39, 0.29) is 23.9 Å². The second-order valence-electron chi connectivity index (χ2n) is 7.28. The number of hydrogen-bond donors (Lipinski definition) is 0. The van der Waals surface area contributed by atoms with Crippen molar-refractivity contribution in [2.45, 2.75) is 44.8 Å². The summed E-state index contributed by atoms with van der Waals surface area (Å²) in [7, 11) is 0. The first-order valence-corrected chi connectivity index (χ1v) is 9.00. The van der Waals surface area contributed by atoms with E-state index >= 15 is 0 Å². The van der Waals surface area contributed by atoms with Crippen LogP contribution in [-0.2, 0) is 4.79 Å².